The molecule has 4 unspecified atom stereocenters. The van der Waals surface area contributed by atoms with Gasteiger partial charge < -0.3 is 20.5 Å². The highest BCUT2D eigenvalue weighted by atomic mass is 16.5. The molecule has 1 saturated heterocycles. The SMILES string of the molecule is CCC1CCCC(NC(=O)NC2COCC2C(=O)O)C1. The summed E-state index contributed by atoms with van der Waals surface area (Å²) in [5, 5.41) is 14.7. The maximum Gasteiger partial charge on any atom is 0.315 e. The first-order chi connectivity index (χ1) is 9.60. The van der Waals surface area contributed by atoms with E-state index >= 15 is 0 Å². The number of carbonyl (C=O) groups excluding carboxylic acids is 1. The van der Waals surface area contributed by atoms with E-state index in [1.54, 1.807) is 0 Å². The second-order valence-electron chi connectivity index (χ2n) is 5.84. The topological polar surface area (TPSA) is 87.7 Å². The number of hydrogen-bond acceptors (Lipinski definition) is 3. The standard InChI is InChI=1S/C14H24N2O4/c1-2-9-4-3-5-10(6-9)15-14(19)16-12-8-20-7-11(12)13(17)18/h9-12H,2-8H2,1H3,(H,17,18)(H2,15,16,19). The molecule has 1 aliphatic carbocycles. The van der Waals surface area contributed by atoms with E-state index in [-0.39, 0.29) is 25.3 Å². The molecule has 20 heavy (non-hydrogen) atoms. The summed E-state index contributed by atoms with van der Waals surface area (Å²) < 4.78 is 5.13. The molecule has 0 radical (unpaired) electrons. The molecule has 1 heterocycles. The van der Waals surface area contributed by atoms with E-state index in [1.807, 2.05) is 0 Å². The molecule has 0 aromatic carbocycles. The molecule has 114 valence electrons. The van der Waals surface area contributed by atoms with E-state index in [1.165, 1.54) is 6.42 Å². The van der Waals surface area contributed by atoms with E-state index < -0.39 is 17.9 Å². The van der Waals surface area contributed by atoms with Gasteiger partial charge in [-0.2, -0.15) is 0 Å². The van der Waals surface area contributed by atoms with Gasteiger partial charge >= 0.3 is 12.0 Å². The number of rotatable bonds is 4. The van der Waals surface area contributed by atoms with Crippen LogP contribution >= 0.6 is 0 Å². The first-order valence-corrected chi connectivity index (χ1v) is 7.47. The molecule has 1 saturated carbocycles. The predicted octanol–water partition coefficient (Wildman–Crippen LogP) is 1.35. The first kappa shape index (κ1) is 15.1. The maximum atomic E-state index is 12.0. The summed E-state index contributed by atoms with van der Waals surface area (Å²) in [7, 11) is 0. The van der Waals surface area contributed by atoms with Crippen LogP contribution in [0.1, 0.15) is 39.0 Å². The number of carbonyl (C=O) groups is 2. The third kappa shape index (κ3) is 3.85. The molecule has 3 N–H and O–H groups in total. The minimum atomic E-state index is -0.920. The van der Waals surface area contributed by atoms with Gasteiger partial charge in [0.15, 0.2) is 0 Å². The van der Waals surface area contributed by atoms with Gasteiger partial charge in [-0.3, -0.25) is 4.79 Å². The lowest BCUT2D eigenvalue weighted by Gasteiger charge is -2.29. The monoisotopic (exact) mass is 284 g/mol. The number of urea groups is 1. The van der Waals surface area contributed by atoms with Crippen LogP contribution in [0.3, 0.4) is 0 Å². The zero-order valence-electron chi connectivity index (χ0n) is 11.9. The van der Waals surface area contributed by atoms with E-state index in [2.05, 4.69) is 17.6 Å². The van der Waals surface area contributed by atoms with Crippen molar-refractivity contribution < 1.29 is 19.4 Å². The summed E-state index contributed by atoms with van der Waals surface area (Å²) in [6.07, 6.45) is 5.57. The van der Waals surface area contributed by atoms with Gasteiger partial charge in [-0.05, 0) is 18.8 Å². The molecule has 2 rings (SSSR count). The van der Waals surface area contributed by atoms with Crippen LogP contribution in [0, 0.1) is 11.8 Å². The van der Waals surface area contributed by atoms with Gasteiger partial charge in [-0.1, -0.05) is 26.2 Å². The Bertz CT molecular complexity index is 361. The van der Waals surface area contributed by atoms with Gasteiger partial charge in [0.1, 0.15) is 5.92 Å². The molecular formula is C14H24N2O4. The first-order valence-electron chi connectivity index (χ1n) is 7.47. The molecular weight excluding hydrogens is 260 g/mol. The lowest BCUT2D eigenvalue weighted by Crippen LogP contribution is -2.50. The van der Waals surface area contributed by atoms with Gasteiger partial charge in [-0.25, -0.2) is 4.79 Å². The molecule has 2 fully saturated rings. The average molecular weight is 284 g/mol. The van der Waals surface area contributed by atoms with Crippen LogP contribution in [0.2, 0.25) is 0 Å². The second kappa shape index (κ2) is 6.92. The van der Waals surface area contributed by atoms with Crippen molar-refractivity contribution in [1.82, 2.24) is 10.6 Å². The molecule has 6 nitrogen and oxygen atoms in total. The van der Waals surface area contributed by atoms with Gasteiger partial charge in [-0.15, -0.1) is 0 Å². The lowest BCUT2D eigenvalue weighted by molar-refractivity contribution is -0.142. The fourth-order valence-corrected chi connectivity index (χ4v) is 3.13. The molecule has 0 bridgehead atoms. The Hall–Kier alpha value is -1.30. The Kier molecular flexibility index (Phi) is 5.23. The second-order valence-corrected chi connectivity index (χ2v) is 5.84. The van der Waals surface area contributed by atoms with Crippen molar-refractivity contribution >= 4 is 12.0 Å². The highest BCUT2D eigenvalue weighted by molar-refractivity contribution is 5.77. The van der Waals surface area contributed by atoms with Gasteiger partial charge in [0, 0.05) is 6.04 Å². The van der Waals surface area contributed by atoms with Crippen molar-refractivity contribution in [3.63, 3.8) is 0 Å². The maximum absolute atomic E-state index is 12.0. The van der Waals surface area contributed by atoms with Crippen LogP contribution in [0.25, 0.3) is 0 Å². The molecule has 2 amide bonds. The molecule has 4 atom stereocenters. The van der Waals surface area contributed by atoms with Crippen LogP contribution in [0.5, 0.6) is 0 Å². The smallest absolute Gasteiger partial charge is 0.315 e. The summed E-state index contributed by atoms with van der Waals surface area (Å²) >= 11 is 0. The van der Waals surface area contributed by atoms with Gasteiger partial charge in [0.2, 0.25) is 0 Å². The molecule has 0 aromatic rings. The highest BCUT2D eigenvalue weighted by Crippen LogP contribution is 2.26. The van der Waals surface area contributed by atoms with Crippen LogP contribution in [-0.2, 0) is 9.53 Å². The van der Waals surface area contributed by atoms with Crippen molar-refractivity contribution in [2.45, 2.75) is 51.1 Å². The predicted molar refractivity (Wildman–Crippen MR) is 73.4 cm³/mol. The fraction of sp³-hybridized carbons (Fsp3) is 0.857. The Labute approximate surface area is 119 Å². The number of hydrogen-bond donors (Lipinski definition) is 3. The van der Waals surface area contributed by atoms with E-state index in [4.69, 9.17) is 9.84 Å². The quantitative estimate of drug-likeness (QED) is 0.727. The number of aliphatic carboxylic acids is 1. The summed E-state index contributed by atoms with van der Waals surface area (Å²) in [5.74, 6) is -0.873. The van der Waals surface area contributed by atoms with Crippen LogP contribution in [0.15, 0.2) is 0 Å². The zero-order valence-corrected chi connectivity index (χ0v) is 11.9. The Morgan fingerprint density at radius 3 is 2.75 bits per heavy atom. The lowest BCUT2D eigenvalue weighted by atomic mass is 9.84. The van der Waals surface area contributed by atoms with Crippen molar-refractivity contribution in [3.05, 3.63) is 0 Å². The van der Waals surface area contributed by atoms with Crippen molar-refractivity contribution in [2.75, 3.05) is 13.2 Å². The van der Waals surface area contributed by atoms with Crippen LogP contribution in [-0.4, -0.2) is 42.4 Å². The van der Waals surface area contributed by atoms with Crippen LogP contribution < -0.4 is 10.6 Å². The van der Waals surface area contributed by atoms with Gasteiger partial charge in [0.25, 0.3) is 0 Å². The minimum Gasteiger partial charge on any atom is -0.481 e. The summed E-state index contributed by atoms with van der Waals surface area (Å²) in [6.45, 7) is 2.62. The molecule has 6 heteroatoms. The Morgan fingerprint density at radius 2 is 2.05 bits per heavy atom. The molecule has 0 aromatic heterocycles. The molecule has 2 aliphatic rings. The van der Waals surface area contributed by atoms with E-state index in [0.29, 0.717) is 5.92 Å². The molecule has 1 aliphatic heterocycles. The molecule has 0 spiro atoms. The average Bonchev–Trinajstić information content (AvgIpc) is 2.87. The van der Waals surface area contributed by atoms with Crippen LogP contribution in [0.4, 0.5) is 4.79 Å². The summed E-state index contributed by atoms with van der Waals surface area (Å²) in [5.41, 5.74) is 0. The largest absolute Gasteiger partial charge is 0.481 e. The van der Waals surface area contributed by atoms with E-state index in [0.717, 1.165) is 25.7 Å². The third-order valence-electron chi connectivity index (χ3n) is 4.41. The van der Waals surface area contributed by atoms with Crippen molar-refractivity contribution in [3.8, 4) is 0 Å². The number of carboxylic acid groups (broad SMARTS) is 1. The number of amides is 2. The Morgan fingerprint density at radius 1 is 1.25 bits per heavy atom. The van der Waals surface area contributed by atoms with Gasteiger partial charge in [0.05, 0.1) is 19.3 Å². The third-order valence-corrected chi connectivity index (χ3v) is 4.41. The summed E-state index contributed by atoms with van der Waals surface area (Å²) in [6, 6.07) is -0.495. The zero-order chi connectivity index (χ0) is 14.5. The van der Waals surface area contributed by atoms with E-state index in [9.17, 15) is 9.59 Å². The normalized spacial score (nSPS) is 33.6. The Balaban J connectivity index is 1.78. The number of ether oxygens (including phenoxy) is 1. The highest BCUT2D eigenvalue weighted by Gasteiger charge is 2.35. The minimum absolute atomic E-state index is 0.168. The summed E-state index contributed by atoms with van der Waals surface area (Å²) in [4.78, 5) is 23.0. The van der Waals surface area contributed by atoms with Crippen molar-refractivity contribution in [1.29, 1.82) is 0 Å². The number of carboxylic acids is 1. The fourth-order valence-electron chi connectivity index (χ4n) is 3.13. The number of nitrogens with one attached hydrogen (secondary N) is 2. The van der Waals surface area contributed by atoms with Crippen molar-refractivity contribution in [2.24, 2.45) is 11.8 Å².